The summed E-state index contributed by atoms with van der Waals surface area (Å²) in [6, 6.07) is 67.6. The Kier molecular flexibility index (Phi) is 6.06. The molecule has 1 heterocycles. The summed E-state index contributed by atoms with van der Waals surface area (Å²) >= 11 is 1.89. The van der Waals surface area contributed by atoms with E-state index in [1.54, 1.807) is 0 Å². The average Bonchev–Trinajstić information content (AvgIpc) is 3.69. The molecule has 0 aliphatic heterocycles. The Morgan fingerprint density at radius 1 is 0.354 bits per heavy atom. The molecule has 224 valence electrons. The van der Waals surface area contributed by atoms with E-state index in [0.29, 0.717) is 0 Å². The highest BCUT2D eigenvalue weighted by Crippen LogP contribution is 2.57. The molecule has 48 heavy (non-hydrogen) atoms. The van der Waals surface area contributed by atoms with Gasteiger partial charge in [-0.3, -0.25) is 0 Å². The number of fused-ring (bicyclic) bond motifs is 7. The van der Waals surface area contributed by atoms with Gasteiger partial charge in [-0.15, -0.1) is 11.3 Å². The van der Waals surface area contributed by atoms with E-state index < -0.39 is 5.41 Å². The van der Waals surface area contributed by atoms with E-state index in [1.807, 2.05) is 11.3 Å². The second-order valence-electron chi connectivity index (χ2n) is 12.8. The highest BCUT2D eigenvalue weighted by molar-refractivity contribution is 7.26. The molecule has 0 amide bonds. The minimum absolute atomic E-state index is 0.488. The second-order valence-corrected chi connectivity index (χ2v) is 13.9. The largest absolute Gasteiger partial charge is 0.135 e. The van der Waals surface area contributed by atoms with Crippen molar-refractivity contribution in [3.8, 4) is 33.4 Å². The zero-order valence-corrected chi connectivity index (χ0v) is 27.0. The molecule has 0 atom stereocenters. The fraction of sp³-hybridized carbons (Fsp3) is 0.0213. The Labute approximate surface area is 284 Å². The minimum atomic E-state index is -0.488. The van der Waals surface area contributed by atoms with Gasteiger partial charge in [0.25, 0.3) is 0 Å². The summed E-state index contributed by atoms with van der Waals surface area (Å²) in [6.45, 7) is 0. The van der Waals surface area contributed by atoms with Gasteiger partial charge < -0.3 is 0 Å². The molecule has 1 heteroatoms. The molecular weight excluding hydrogens is 597 g/mol. The molecule has 8 aromatic carbocycles. The molecule has 0 unspecified atom stereocenters. The summed E-state index contributed by atoms with van der Waals surface area (Å²) in [5.41, 5.74) is 12.4. The lowest BCUT2D eigenvalue weighted by atomic mass is 9.67. The van der Waals surface area contributed by atoms with Crippen molar-refractivity contribution < 1.29 is 0 Å². The van der Waals surface area contributed by atoms with Gasteiger partial charge in [0.1, 0.15) is 0 Å². The Morgan fingerprint density at radius 2 is 0.854 bits per heavy atom. The van der Waals surface area contributed by atoms with Crippen molar-refractivity contribution in [1.82, 2.24) is 0 Å². The third-order valence-corrected chi connectivity index (χ3v) is 11.6. The summed E-state index contributed by atoms with van der Waals surface area (Å²) in [4.78, 5) is 0. The highest BCUT2D eigenvalue weighted by atomic mass is 32.1. The van der Waals surface area contributed by atoms with E-state index in [1.165, 1.54) is 86.6 Å². The average molecular weight is 627 g/mol. The smallest absolute Gasteiger partial charge is 0.0713 e. The maximum Gasteiger partial charge on any atom is 0.0713 e. The molecule has 0 N–H and O–H groups in total. The van der Waals surface area contributed by atoms with Crippen LogP contribution in [0.2, 0.25) is 0 Å². The predicted octanol–water partition coefficient (Wildman–Crippen LogP) is 12.9. The lowest BCUT2D eigenvalue weighted by Crippen LogP contribution is -2.28. The molecular formula is C47H30S. The molecule has 0 saturated heterocycles. The Hall–Kier alpha value is -5.76. The molecule has 1 aliphatic rings. The van der Waals surface area contributed by atoms with Crippen LogP contribution in [0.5, 0.6) is 0 Å². The van der Waals surface area contributed by atoms with Gasteiger partial charge in [-0.05, 0) is 84.6 Å². The summed E-state index contributed by atoms with van der Waals surface area (Å²) in [7, 11) is 0. The van der Waals surface area contributed by atoms with Crippen molar-refractivity contribution in [2.75, 3.05) is 0 Å². The van der Waals surface area contributed by atoms with Crippen LogP contribution in [0.15, 0.2) is 182 Å². The van der Waals surface area contributed by atoms with Crippen molar-refractivity contribution in [2.24, 2.45) is 0 Å². The monoisotopic (exact) mass is 626 g/mol. The topological polar surface area (TPSA) is 0 Å². The molecule has 0 nitrogen and oxygen atoms in total. The Morgan fingerprint density at radius 3 is 1.60 bits per heavy atom. The first-order chi connectivity index (χ1) is 23.8. The quantitative estimate of drug-likeness (QED) is 0.182. The SMILES string of the molecule is c1cc(-c2cccc3ccccc23)cc(C2(c3cccc(-c4cccc5c4sc4ccccc45)c3)c3ccccc3-c3ccccc32)c1. The van der Waals surface area contributed by atoms with Crippen LogP contribution in [0.3, 0.4) is 0 Å². The zero-order valence-electron chi connectivity index (χ0n) is 26.2. The summed E-state index contributed by atoms with van der Waals surface area (Å²) in [5, 5.41) is 5.19. The van der Waals surface area contributed by atoms with E-state index in [-0.39, 0.29) is 0 Å². The number of benzene rings is 8. The number of rotatable bonds is 4. The lowest BCUT2D eigenvalue weighted by Gasteiger charge is -2.34. The van der Waals surface area contributed by atoms with Crippen LogP contribution in [0.4, 0.5) is 0 Å². The van der Waals surface area contributed by atoms with E-state index in [2.05, 4.69) is 182 Å². The van der Waals surface area contributed by atoms with Gasteiger partial charge in [0.05, 0.1) is 5.41 Å². The van der Waals surface area contributed by atoms with E-state index in [0.717, 1.165) is 0 Å². The van der Waals surface area contributed by atoms with Crippen molar-refractivity contribution in [1.29, 1.82) is 0 Å². The van der Waals surface area contributed by atoms with Crippen molar-refractivity contribution in [3.05, 3.63) is 204 Å². The fourth-order valence-electron chi connectivity index (χ4n) is 8.32. The first-order valence-electron chi connectivity index (χ1n) is 16.6. The molecule has 10 rings (SSSR count). The van der Waals surface area contributed by atoms with Crippen molar-refractivity contribution in [2.45, 2.75) is 5.41 Å². The fourth-order valence-corrected chi connectivity index (χ4v) is 9.55. The maximum atomic E-state index is 2.46. The number of hydrogen-bond donors (Lipinski definition) is 0. The molecule has 0 spiro atoms. The van der Waals surface area contributed by atoms with Gasteiger partial charge in [-0.2, -0.15) is 0 Å². The first kappa shape index (κ1) is 27.4. The van der Waals surface area contributed by atoms with E-state index >= 15 is 0 Å². The standard InChI is InChI=1S/C47H30S/c1-2-19-36-31(13-1)14-11-23-37(36)32-15-9-17-34(29-32)47(43-26-6-3-20-39(43)40-21-4-7-27-44(40)47)35-18-10-16-33(30-35)38-24-12-25-42-41-22-5-8-28-45(41)48-46(38)42/h1-30H. The molecule has 0 radical (unpaired) electrons. The molecule has 9 aromatic rings. The minimum Gasteiger partial charge on any atom is -0.135 e. The number of thiophene rings is 1. The van der Waals surface area contributed by atoms with Crippen LogP contribution >= 0.6 is 11.3 Å². The number of hydrogen-bond acceptors (Lipinski definition) is 1. The van der Waals surface area contributed by atoms with Crippen LogP contribution < -0.4 is 0 Å². The normalized spacial score (nSPS) is 13.2. The predicted molar refractivity (Wildman–Crippen MR) is 205 cm³/mol. The summed E-state index contributed by atoms with van der Waals surface area (Å²) in [5.74, 6) is 0. The van der Waals surface area contributed by atoms with Crippen LogP contribution in [0.1, 0.15) is 22.3 Å². The van der Waals surface area contributed by atoms with Crippen molar-refractivity contribution in [3.63, 3.8) is 0 Å². The Balaban J connectivity index is 1.26. The third-order valence-electron chi connectivity index (χ3n) is 10.4. The van der Waals surface area contributed by atoms with E-state index in [9.17, 15) is 0 Å². The lowest BCUT2D eigenvalue weighted by molar-refractivity contribution is 0.769. The summed E-state index contributed by atoms with van der Waals surface area (Å²) < 4.78 is 2.67. The molecule has 0 fully saturated rings. The van der Waals surface area contributed by atoms with Crippen molar-refractivity contribution >= 4 is 42.3 Å². The molecule has 0 bridgehead atoms. The van der Waals surface area contributed by atoms with Gasteiger partial charge in [0.15, 0.2) is 0 Å². The van der Waals surface area contributed by atoms with E-state index in [4.69, 9.17) is 0 Å². The van der Waals surface area contributed by atoms with Gasteiger partial charge >= 0.3 is 0 Å². The van der Waals surface area contributed by atoms with Crippen LogP contribution in [0.25, 0.3) is 64.3 Å². The van der Waals surface area contributed by atoms with Crippen LogP contribution in [-0.4, -0.2) is 0 Å². The highest BCUT2D eigenvalue weighted by Gasteiger charge is 2.46. The third kappa shape index (κ3) is 3.89. The van der Waals surface area contributed by atoms with Gasteiger partial charge in [-0.1, -0.05) is 164 Å². The molecule has 0 saturated carbocycles. The van der Waals surface area contributed by atoms with Crippen LogP contribution in [0, 0.1) is 0 Å². The van der Waals surface area contributed by atoms with Gasteiger partial charge in [0.2, 0.25) is 0 Å². The maximum absolute atomic E-state index is 2.46. The van der Waals surface area contributed by atoms with Gasteiger partial charge in [-0.25, -0.2) is 0 Å². The molecule has 1 aromatic heterocycles. The van der Waals surface area contributed by atoms with Crippen LogP contribution in [-0.2, 0) is 5.41 Å². The first-order valence-corrected chi connectivity index (χ1v) is 17.4. The zero-order chi connectivity index (χ0) is 31.7. The summed E-state index contributed by atoms with van der Waals surface area (Å²) in [6.07, 6.45) is 0. The second kappa shape index (κ2) is 10.6. The Bertz CT molecular complexity index is 2640. The molecule has 1 aliphatic carbocycles. The van der Waals surface area contributed by atoms with Gasteiger partial charge in [0, 0.05) is 20.2 Å².